The number of hydrogen-bond donors (Lipinski definition) is 2. The molecular weight excluding hydrogens is 374 g/mol. The zero-order chi connectivity index (χ0) is 21.7. The van der Waals surface area contributed by atoms with E-state index in [2.05, 4.69) is 72.4 Å². The van der Waals surface area contributed by atoms with Crippen molar-refractivity contribution >= 4 is 18.3 Å². The van der Waals surface area contributed by atoms with Crippen LogP contribution in [0.3, 0.4) is 0 Å². The number of nitrogens with two attached hydrogens (primary N) is 1. The number of benzene rings is 2. The smallest absolute Gasteiger partial charge is 0.123 e. The van der Waals surface area contributed by atoms with Gasteiger partial charge in [0.05, 0.1) is 6.61 Å². The third kappa shape index (κ3) is 5.94. The number of nitrogen functional groups attached to an aromatic ring is 1. The standard InChI is InChI=1S/C26H39NOS/c1-7-25(3,4)19-15-16-23(21(18-19)26(5,6)8-2)28-17-10-9-12-20-22(27)13-11-14-24(20)29/h11,13-16,18,29H,7-10,12,17,27H2,1-6H3. The fourth-order valence-electron chi connectivity index (χ4n) is 3.45. The molecule has 0 atom stereocenters. The van der Waals surface area contributed by atoms with Crippen molar-refractivity contribution in [3.8, 4) is 5.75 Å². The fraction of sp³-hybridized carbons (Fsp3) is 0.538. The molecule has 2 aromatic rings. The Labute approximate surface area is 183 Å². The molecule has 0 aliphatic heterocycles. The van der Waals surface area contributed by atoms with E-state index < -0.39 is 0 Å². The molecule has 0 radical (unpaired) electrons. The highest BCUT2D eigenvalue weighted by molar-refractivity contribution is 7.80. The first-order chi connectivity index (χ1) is 13.6. The van der Waals surface area contributed by atoms with Crippen LogP contribution < -0.4 is 10.5 Å². The van der Waals surface area contributed by atoms with E-state index in [1.807, 2.05) is 18.2 Å². The molecule has 2 nitrogen and oxygen atoms in total. The van der Waals surface area contributed by atoms with E-state index in [9.17, 15) is 0 Å². The minimum atomic E-state index is 0.0918. The highest BCUT2D eigenvalue weighted by atomic mass is 32.1. The van der Waals surface area contributed by atoms with Gasteiger partial charge >= 0.3 is 0 Å². The minimum absolute atomic E-state index is 0.0918. The first-order valence-electron chi connectivity index (χ1n) is 11.0. The first-order valence-corrected chi connectivity index (χ1v) is 11.4. The van der Waals surface area contributed by atoms with Crippen molar-refractivity contribution in [1.82, 2.24) is 0 Å². The minimum Gasteiger partial charge on any atom is -0.493 e. The Morgan fingerprint density at radius 3 is 2.24 bits per heavy atom. The van der Waals surface area contributed by atoms with Crippen LogP contribution in [0, 0.1) is 0 Å². The molecule has 0 fully saturated rings. The Bertz CT molecular complexity index is 790. The number of rotatable bonds is 10. The second kappa shape index (κ2) is 9.93. The van der Waals surface area contributed by atoms with Crippen LogP contribution >= 0.6 is 12.6 Å². The number of unbranched alkanes of at least 4 members (excludes halogenated alkanes) is 1. The predicted molar refractivity (Wildman–Crippen MR) is 130 cm³/mol. The summed E-state index contributed by atoms with van der Waals surface area (Å²) in [4.78, 5) is 0.979. The largest absolute Gasteiger partial charge is 0.493 e. The van der Waals surface area contributed by atoms with Crippen molar-refractivity contribution in [1.29, 1.82) is 0 Å². The zero-order valence-electron chi connectivity index (χ0n) is 19.1. The summed E-state index contributed by atoms with van der Waals surface area (Å²) in [7, 11) is 0. The summed E-state index contributed by atoms with van der Waals surface area (Å²) in [6.07, 6.45) is 5.17. The summed E-state index contributed by atoms with van der Waals surface area (Å²) in [5.74, 6) is 1.03. The SMILES string of the molecule is CCC(C)(C)c1ccc(OCCCCc2c(N)cccc2S)c(C(C)(C)CC)c1. The van der Waals surface area contributed by atoms with Gasteiger partial charge in [0.2, 0.25) is 0 Å². The predicted octanol–water partition coefficient (Wildman–Crippen LogP) is 7.33. The highest BCUT2D eigenvalue weighted by Crippen LogP contribution is 2.38. The molecule has 0 bridgehead atoms. The second-order valence-corrected chi connectivity index (χ2v) is 9.82. The van der Waals surface area contributed by atoms with Gasteiger partial charge in [-0.2, -0.15) is 0 Å². The van der Waals surface area contributed by atoms with Gasteiger partial charge in [-0.05, 0) is 72.3 Å². The van der Waals surface area contributed by atoms with Crippen LogP contribution in [0.1, 0.15) is 83.9 Å². The maximum atomic E-state index is 6.27. The van der Waals surface area contributed by atoms with Gasteiger partial charge in [-0.25, -0.2) is 0 Å². The van der Waals surface area contributed by atoms with Crippen molar-refractivity contribution in [2.24, 2.45) is 0 Å². The third-order valence-corrected chi connectivity index (χ3v) is 6.94. The molecule has 0 unspecified atom stereocenters. The lowest BCUT2D eigenvalue weighted by molar-refractivity contribution is 0.296. The second-order valence-electron chi connectivity index (χ2n) is 9.34. The molecule has 29 heavy (non-hydrogen) atoms. The van der Waals surface area contributed by atoms with Crippen molar-refractivity contribution in [2.45, 2.75) is 89.4 Å². The van der Waals surface area contributed by atoms with E-state index in [4.69, 9.17) is 10.5 Å². The zero-order valence-corrected chi connectivity index (χ0v) is 20.0. The Balaban J connectivity index is 2.06. The molecule has 3 heteroatoms. The van der Waals surface area contributed by atoms with Crippen LogP contribution in [0.15, 0.2) is 41.3 Å². The van der Waals surface area contributed by atoms with Gasteiger partial charge in [0.15, 0.2) is 0 Å². The number of anilines is 1. The first kappa shape index (κ1) is 23.7. The molecule has 2 aromatic carbocycles. The molecule has 0 aliphatic rings. The average Bonchev–Trinajstić information content (AvgIpc) is 2.69. The number of ether oxygens (including phenoxy) is 1. The van der Waals surface area contributed by atoms with Gasteiger partial charge in [-0.3, -0.25) is 0 Å². The monoisotopic (exact) mass is 413 g/mol. The molecule has 0 saturated carbocycles. The van der Waals surface area contributed by atoms with Crippen LogP contribution in [-0.4, -0.2) is 6.61 Å². The Morgan fingerprint density at radius 2 is 1.62 bits per heavy atom. The topological polar surface area (TPSA) is 35.2 Å². The van der Waals surface area contributed by atoms with Gasteiger partial charge in [-0.1, -0.05) is 59.7 Å². The number of hydrogen-bond acceptors (Lipinski definition) is 3. The van der Waals surface area contributed by atoms with Crippen LogP contribution in [0.5, 0.6) is 5.75 Å². The molecule has 0 amide bonds. The molecule has 0 aromatic heterocycles. The third-order valence-electron chi connectivity index (χ3n) is 6.52. The van der Waals surface area contributed by atoms with Crippen molar-refractivity contribution < 1.29 is 4.74 Å². The van der Waals surface area contributed by atoms with Gasteiger partial charge in [0, 0.05) is 16.1 Å². The highest BCUT2D eigenvalue weighted by Gasteiger charge is 2.26. The molecule has 2 N–H and O–H groups in total. The van der Waals surface area contributed by atoms with Crippen LogP contribution in [0.4, 0.5) is 5.69 Å². The van der Waals surface area contributed by atoms with E-state index >= 15 is 0 Å². The maximum absolute atomic E-state index is 6.27. The van der Waals surface area contributed by atoms with Crippen LogP contribution in [0.2, 0.25) is 0 Å². The normalized spacial score (nSPS) is 12.2. The van der Waals surface area contributed by atoms with Gasteiger partial charge in [0.1, 0.15) is 5.75 Å². The van der Waals surface area contributed by atoms with Crippen LogP contribution in [-0.2, 0) is 17.3 Å². The maximum Gasteiger partial charge on any atom is 0.123 e. The molecule has 0 saturated heterocycles. The lowest BCUT2D eigenvalue weighted by atomic mass is 9.76. The van der Waals surface area contributed by atoms with Crippen molar-refractivity contribution in [2.75, 3.05) is 12.3 Å². The summed E-state index contributed by atoms with van der Waals surface area (Å²) in [6, 6.07) is 12.7. The molecule has 160 valence electrons. The fourth-order valence-corrected chi connectivity index (χ4v) is 3.78. The Kier molecular flexibility index (Phi) is 8.10. The van der Waals surface area contributed by atoms with Gasteiger partial charge in [0.25, 0.3) is 0 Å². The Morgan fingerprint density at radius 1 is 0.931 bits per heavy atom. The summed E-state index contributed by atoms with van der Waals surface area (Å²) in [6.45, 7) is 14.5. The van der Waals surface area contributed by atoms with Crippen molar-refractivity contribution in [3.63, 3.8) is 0 Å². The lowest BCUT2D eigenvalue weighted by Gasteiger charge is -2.30. The summed E-state index contributed by atoms with van der Waals surface area (Å²) in [5.41, 5.74) is 11.1. The van der Waals surface area contributed by atoms with E-state index in [0.29, 0.717) is 0 Å². The molecule has 0 aliphatic carbocycles. The molecule has 2 rings (SSSR count). The summed E-state index contributed by atoms with van der Waals surface area (Å²) < 4.78 is 6.27. The van der Waals surface area contributed by atoms with Gasteiger partial charge < -0.3 is 10.5 Å². The average molecular weight is 414 g/mol. The lowest BCUT2D eigenvalue weighted by Crippen LogP contribution is -2.21. The van der Waals surface area contributed by atoms with Crippen LogP contribution in [0.25, 0.3) is 0 Å². The molecule has 0 heterocycles. The van der Waals surface area contributed by atoms with E-state index in [-0.39, 0.29) is 10.8 Å². The number of thiol groups is 1. The summed E-state index contributed by atoms with van der Waals surface area (Å²) in [5, 5.41) is 0. The van der Waals surface area contributed by atoms with Gasteiger partial charge in [-0.15, -0.1) is 12.6 Å². The summed E-state index contributed by atoms with van der Waals surface area (Å²) >= 11 is 4.54. The van der Waals surface area contributed by atoms with E-state index in [0.717, 1.165) is 60.6 Å². The molecule has 0 spiro atoms. The quantitative estimate of drug-likeness (QED) is 0.243. The van der Waals surface area contributed by atoms with Crippen molar-refractivity contribution in [3.05, 3.63) is 53.1 Å². The van der Waals surface area contributed by atoms with E-state index in [1.54, 1.807) is 0 Å². The Hall–Kier alpha value is -1.61. The van der Waals surface area contributed by atoms with E-state index in [1.165, 1.54) is 11.1 Å². The molecular formula is C26H39NOS.